The maximum atomic E-state index is 12.2. The van der Waals surface area contributed by atoms with Gasteiger partial charge in [-0.15, -0.1) is 0 Å². The number of carboxylic acid groups (broad SMARTS) is 1. The van der Waals surface area contributed by atoms with Gasteiger partial charge in [0.05, 0.1) is 10.6 Å². The number of thioether (sulfide) groups is 1. The first-order chi connectivity index (χ1) is 13.4. The number of aliphatic carboxylic acids is 1. The molecular formula is C20H16N2O5S. The first-order valence-corrected chi connectivity index (χ1v) is 9.07. The number of nitrogens with one attached hydrogen (secondary N) is 1. The number of carbonyl (C=O) groups is 3. The number of ketones is 1. The Morgan fingerprint density at radius 1 is 1.14 bits per heavy atom. The van der Waals surface area contributed by atoms with Gasteiger partial charge in [0.2, 0.25) is 0 Å². The molecule has 0 bridgehead atoms. The van der Waals surface area contributed by atoms with E-state index in [1.165, 1.54) is 18.7 Å². The van der Waals surface area contributed by atoms with Crippen molar-refractivity contribution in [2.24, 2.45) is 4.99 Å². The van der Waals surface area contributed by atoms with Gasteiger partial charge < -0.3 is 15.2 Å². The predicted octanol–water partition coefficient (Wildman–Crippen LogP) is 3.24. The maximum Gasteiger partial charge on any atom is 0.341 e. The van der Waals surface area contributed by atoms with E-state index in [0.717, 1.165) is 5.56 Å². The van der Waals surface area contributed by atoms with Crippen LogP contribution in [0.25, 0.3) is 6.08 Å². The molecule has 0 aliphatic carbocycles. The number of hydrogen-bond acceptors (Lipinski definition) is 6. The predicted molar refractivity (Wildman–Crippen MR) is 107 cm³/mol. The van der Waals surface area contributed by atoms with Crippen molar-refractivity contribution in [2.75, 3.05) is 6.61 Å². The molecule has 2 aromatic carbocycles. The molecule has 8 heteroatoms. The molecule has 3 rings (SSSR count). The van der Waals surface area contributed by atoms with Gasteiger partial charge in [-0.1, -0.05) is 12.1 Å². The summed E-state index contributed by atoms with van der Waals surface area (Å²) in [5, 5.41) is 11.8. The SMILES string of the molecule is CC(=O)c1ccc(N=C2NC(=O)/C(=C\c3ccc(OCC(=O)O)cc3)S2)cc1. The summed E-state index contributed by atoms with van der Waals surface area (Å²) < 4.78 is 5.08. The fraction of sp³-hybridized carbons (Fsp3) is 0.100. The third-order valence-electron chi connectivity index (χ3n) is 3.70. The molecule has 0 unspecified atom stereocenters. The molecule has 1 saturated heterocycles. The first-order valence-electron chi connectivity index (χ1n) is 8.26. The Hall–Kier alpha value is -3.39. The van der Waals surface area contributed by atoms with Gasteiger partial charge in [-0.05, 0) is 66.7 Å². The topological polar surface area (TPSA) is 105 Å². The van der Waals surface area contributed by atoms with Gasteiger partial charge >= 0.3 is 5.97 Å². The van der Waals surface area contributed by atoms with E-state index in [1.54, 1.807) is 54.6 Å². The van der Waals surface area contributed by atoms with Crippen LogP contribution in [-0.4, -0.2) is 34.5 Å². The Balaban J connectivity index is 1.69. The van der Waals surface area contributed by atoms with Gasteiger partial charge in [-0.25, -0.2) is 9.79 Å². The zero-order chi connectivity index (χ0) is 20.1. The molecule has 1 aliphatic heterocycles. The fourth-order valence-corrected chi connectivity index (χ4v) is 3.17. The number of ether oxygens (including phenoxy) is 1. The van der Waals surface area contributed by atoms with E-state index in [-0.39, 0.29) is 11.7 Å². The highest BCUT2D eigenvalue weighted by Crippen LogP contribution is 2.28. The number of hydrogen-bond donors (Lipinski definition) is 2. The van der Waals surface area contributed by atoms with E-state index < -0.39 is 12.6 Å². The van der Waals surface area contributed by atoms with Crippen molar-refractivity contribution in [2.45, 2.75) is 6.92 Å². The van der Waals surface area contributed by atoms with Crippen LogP contribution in [-0.2, 0) is 9.59 Å². The minimum absolute atomic E-state index is 0.0210. The van der Waals surface area contributed by atoms with Crippen molar-refractivity contribution in [3.05, 3.63) is 64.6 Å². The summed E-state index contributed by atoms with van der Waals surface area (Å²) in [5.74, 6) is -0.889. The van der Waals surface area contributed by atoms with Crippen LogP contribution >= 0.6 is 11.8 Å². The summed E-state index contributed by atoms with van der Waals surface area (Å²) in [6.45, 7) is 1.09. The normalized spacial score (nSPS) is 16.2. The number of nitrogens with zero attached hydrogens (tertiary/aromatic N) is 1. The number of carbonyl (C=O) groups excluding carboxylic acids is 2. The van der Waals surface area contributed by atoms with E-state index in [4.69, 9.17) is 9.84 Å². The Kier molecular flexibility index (Phi) is 5.90. The molecule has 2 aromatic rings. The standard InChI is InChI=1S/C20H16N2O5S/c1-12(23)14-4-6-15(7-5-14)21-20-22-19(26)17(28-20)10-13-2-8-16(9-3-13)27-11-18(24)25/h2-10H,11H2,1H3,(H,24,25)(H,21,22,26)/b17-10+. The number of Topliss-reactive ketones (excluding diaryl/α,β-unsaturated/α-hetero) is 1. The zero-order valence-corrected chi connectivity index (χ0v) is 15.7. The van der Waals surface area contributed by atoms with Gasteiger partial charge in [-0.3, -0.25) is 9.59 Å². The van der Waals surface area contributed by atoms with Crippen molar-refractivity contribution >= 4 is 46.4 Å². The minimum Gasteiger partial charge on any atom is -0.482 e. The lowest BCUT2D eigenvalue weighted by atomic mass is 10.1. The van der Waals surface area contributed by atoms with E-state index in [9.17, 15) is 14.4 Å². The second-order valence-corrected chi connectivity index (χ2v) is 6.87. The lowest BCUT2D eigenvalue weighted by Crippen LogP contribution is -2.19. The van der Waals surface area contributed by atoms with Gasteiger partial charge in [0.1, 0.15) is 5.75 Å². The van der Waals surface area contributed by atoms with Crippen molar-refractivity contribution in [3.8, 4) is 5.75 Å². The molecule has 142 valence electrons. The van der Waals surface area contributed by atoms with E-state index in [2.05, 4.69) is 10.3 Å². The van der Waals surface area contributed by atoms with Crippen LogP contribution in [0.5, 0.6) is 5.75 Å². The van der Waals surface area contributed by atoms with Crippen LogP contribution in [0.15, 0.2) is 58.4 Å². The third-order valence-corrected chi connectivity index (χ3v) is 4.61. The largest absolute Gasteiger partial charge is 0.482 e. The lowest BCUT2D eigenvalue weighted by molar-refractivity contribution is -0.139. The molecule has 1 amide bonds. The van der Waals surface area contributed by atoms with Gasteiger partial charge in [0, 0.05) is 5.56 Å². The Labute approximate surface area is 165 Å². The summed E-state index contributed by atoms with van der Waals surface area (Å²) in [6, 6.07) is 13.5. The molecule has 2 N–H and O–H groups in total. The van der Waals surface area contributed by atoms with Gasteiger partial charge in [-0.2, -0.15) is 0 Å². The Bertz CT molecular complexity index is 979. The highest BCUT2D eigenvalue weighted by Gasteiger charge is 2.23. The lowest BCUT2D eigenvalue weighted by Gasteiger charge is -2.03. The number of amidine groups is 1. The second kappa shape index (κ2) is 8.53. The van der Waals surface area contributed by atoms with Gasteiger partial charge in [0.15, 0.2) is 17.6 Å². The Morgan fingerprint density at radius 2 is 1.82 bits per heavy atom. The first kappa shape index (κ1) is 19.4. The minimum atomic E-state index is -1.05. The summed E-state index contributed by atoms with van der Waals surface area (Å²) in [7, 11) is 0. The molecular weight excluding hydrogens is 380 g/mol. The second-order valence-electron chi connectivity index (χ2n) is 5.84. The highest BCUT2D eigenvalue weighted by atomic mass is 32.2. The molecule has 0 radical (unpaired) electrons. The van der Waals surface area contributed by atoms with Crippen molar-refractivity contribution in [1.82, 2.24) is 5.32 Å². The average Bonchev–Trinajstić information content (AvgIpc) is 3.00. The molecule has 0 saturated carbocycles. The van der Waals surface area contributed by atoms with Crippen LogP contribution in [0.4, 0.5) is 5.69 Å². The summed E-state index contributed by atoms with van der Waals surface area (Å²) >= 11 is 1.21. The quantitative estimate of drug-likeness (QED) is 0.574. The summed E-state index contributed by atoms with van der Waals surface area (Å²) in [5.41, 5.74) is 2.00. The summed E-state index contributed by atoms with van der Waals surface area (Å²) in [6.07, 6.45) is 1.71. The molecule has 1 heterocycles. The molecule has 0 atom stereocenters. The van der Waals surface area contributed by atoms with E-state index in [1.807, 2.05) is 0 Å². The van der Waals surface area contributed by atoms with Crippen LogP contribution in [0.1, 0.15) is 22.8 Å². The monoisotopic (exact) mass is 396 g/mol. The van der Waals surface area contributed by atoms with Crippen molar-refractivity contribution in [3.63, 3.8) is 0 Å². The molecule has 28 heavy (non-hydrogen) atoms. The molecule has 1 aliphatic rings. The highest BCUT2D eigenvalue weighted by molar-refractivity contribution is 8.18. The smallest absolute Gasteiger partial charge is 0.341 e. The summed E-state index contributed by atoms with van der Waals surface area (Å²) in [4.78, 5) is 38.8. The van der Waals surface area contributed by atoms with Crippen LogP contribution in [0.3, 0.4) is 0 Å². The fourth-order valence-electron chi connectivity index (χ4n) is 2.33. The number of amides is 1. The zero-order valence-electron chi connectivity index (χ0n) is 14.8. The van der Waals surface area contributed by atoms with Gasteiger partial charge in [0.25, 0.3) is 5.91 Å². The Morgan fingerprint density at radius 3 is 2.43 bits per heavy atom. The van der Waals surface area contributed by atoms with E-state index >= 15 is 0 Å². The van der Waals surface area contributed by atoms with Crippen LogP contribution < -0.4 is 10.1 Å². The van der Waals surface area contributed by atoms with E-state index in [0.29, 0.717) is 27.1 Å². The number of rotatable bonds is 6. The average molecular weight is 396 g/mol. The molecule has 7 nitrogen and oxygen atoms in total. The maximum absolute atomic E-state index is 12.2. The molecule has 1 fully saturated rings. The number of benzene rings is 2. The third kappa shape index (κ3) is 5.08. The molecule has 0 spiro atoms. The number of aliphatic imine (C=N–C) groups is 1. The van der Waals surface area contributed by atoms with Crippen LogP contribution in [0, 0.1) is 0 Å². The number of carboxylic acids is 1. The van der Waals surface area contributed by atoms with Crippen LogP contribution in [0.2, 0.25) is 0 Å². The van der Waals surface area contributed by atoms with Crippen molar-refractivity contribution in [1.29, 1.82) is 0 Å². The molecule has 0 aromatic heterocycles. The van der Waals surface area contributed by atoms with Crippen molar-refractivity contribution < 1.29 is 24.2 Å².